The van der Waals surface area contributed by atoms with Crippen molar-refractivity contribution in [1.29, 1.82) is 0 Å². The summed E-state index contributed by atoms with van der Waals surface area (Å²) in [4.78, 5) is 0. The predicted molar refractivity (Wildman–Crippen MR) is 78.7 cm³/mol. The first-order valence-electron chi connectivity index (χ1n) is 6.93. The molecule has 0 aromatic carbocycles. The fraction of sp³-hybridized carbons (Fsp3) is 0.769. The molecule has 0 aliphatic carbocycles. The Kier molecular flexibility index (Phi) is 5.38. The maximum atomic E-state index is 5.76. The minimum atomic E-state index is 0.279. The predicted octanol–water partition coefficient (Wildman–Crippen LogP) is 1.77. The summed E-state index contributed by atoms with van der Waals surface area (Å²) in [6.07, 6.45) is 3.05. The first-order chi connectivity index (χ1) is 9.17. The van der Waals surface area contributed by atoms with E-state index in [0.29, 0.717) is 5.92 Å². The van der Waals surface area contributed by atoms with E-state index in [1.54, 1.807) is 0 Å². The minimum Gasteiger partial charge on any atom is -0.381 e. The minimum absolute atomic E-state index is 0.279. The van der Waals surface area contributed by atoms with Gasteiger partial charge in [0.2, 0.25) is 0 Å². The summed E-state index contributed by atoms with van der Waals surface area (Å²) in [5.74, 6) is 6.34. The highest BCUT2D eigenvalue weighted by atomic mass is 79.9. The number of nitrogens with one attached hydrogen (secondary N) is 1. The van der Waals surface area contributed by atoms with Crippen LogP contribution in [-0.4, -0.2) is 29.0 Å². The van der Waals surface area contributed by atoms with E-state index in [4.69, 9.17) is 10.6 Å². The van der Waals surface area contributed by atoms with Crippen molar-refractivity contribution in [3.05, 3.63) is 15.9 Å². The lowest BCUT2D eigenvalue weighted by molar-refractivity contribution is 0.0535. The Morgan fingerprint density at radius 2 is 2.21 bits per heavy atom. The van der Waals surface area contributed by atoms with Gasteiger partial charge in [0.15, 0.2) is 0 Å². The second kappa shape index (κ2) is 6.83. The highest BCUT2D eigenvalue weighted by molar-refractivity contribution is 9.10. The Hall–Kier alpha value is -0.430. The summed E-state index contributed by atoms with van der Waals surface area (Å²) in [6, 6.07) is 0.279. The molecule has 3 N–H and O–H groups in total. The number of hydrogen-bond donors (Lipinski definition) is 2. The van der Waals surface area contributed by atoms with E-state index in [1.165, 1.54) is 5.69 Å². The van der Waals surface area contributed by atoms with Crippen molar-refractivity contribution in [1.82, 2.24) is 15.2 Å². The van der Waals surface area contributed by atoms with E-state index in [-0.39, 0.29) is 6.04 Å². The molecule has 108 valence electrons. The van der Waals surface area contributed by atoms with Crippen LogP contribution >= 0.6 is 15.9 Å². The van der Waals surface area contributed by atoms with Gasteiger partial charge in [-0.15, -0.1) is 0 Å². The number of aryl methyl sites for hydroxylation is 2. The molecule has 0 amide bonds. The van der Waals surface area contributed by atoms with Crippen molar-refractivity contribution >= 4 is 15.9 Å². The molecule has 0 saturated carbocycles. The number of rotatable bonds is 5. The van der Waals surface area contributed by atoms with Crippen molar-refractivity contribution in [2.24, 2.45) is 11.8 Å². The molecule has 6 heteroatoms. The van der Waals surface area contributed by atoms with Crippen molar-refractivity contribution < 1.29 is 4.74 Å². The number of hydrazine groups is 1. The van der Waals surface area contributed by atoms with Gasteiger partial charge in [0.25, 0.3) is 0 Å². The van der Waals surface area contributed by atoms with Gasteiger partial charge in [-0.1, -0.05) is 0 Å². The van der Waals surface area contributed by atoms with Crippen LogP contribution in [0.2, 0.25) is 0 Å². The molecule has 0 radical (unpaired) electrons. The summed E-state index contributed by atoms with van der Waals surface area (Å²) in [6.45, 7) is 6.71. The second-order valence-corrected chi connectivity index (χ2v) is 5.88. The average Bonchev–Trinajstić information content (AvgIpc) is 2.72. The maximum Gasteiger partial charge on any atom is 0.0738 e. The highest BCUT2D eigenvalue weighted by Gasteiger charge is 2.26. The molecule has 5 nitrogen and oxygen atoms in total. The molecule has 19 heavy (non-hydrogen) atoms. The number of aromatic nitrogens is 2. The molecule has 2 rings (SSSR count). The number of ether oxygens (including phenoxy) is 1. The third-order valence-corrected chi connectivity index (χ3v) is 4.95. The van der Waals surface area contributed by atoms with E-state index >= 15 is 0 Å². The lowest BCUT2D eigenvalue weighted by atomic mass is 9.89. The third kappa shape index (κ3) is 3.37. The monoisotopic (exact) mass is 330 g/mol. The standard InChI is InChI=1S/C13H23BrN4O/c1-3-18-12(13(14)9(2)17-18)8-11(16-15)10-4-6-19-7-5-10/h10-11,16H,3-8,15H2,1-2H3. The molecule has 1 atom stereocenters. The first kappa shape index (κ1) is 15.0. The van der Waals surface area contributed by atoms with Gasteiger partial charge in [-0.3, -0.25) is 16.0 Å². The van der Waals surface area contributed by atoms with Crippen LogP contribution in [0.3, 0.4) is 0 Å². The summed E-state index contributed by atoms with van der Waals surface area (Å²) < 4.78 is 8.59. The van der Waals surface area contributed by atoms with Gasteiger partial charge in [0.05, 0.1) is 15.9 Å². The molecule has 1 aliphatic rings. The Morgan fingerprint density at radius 3 is 2.79 bits per heavy atom. The normalized spacial score (nSPS) is 18.7. The molecule has 1 aromatic rings. The van der Waals surface area contributed by atoms with Crippen molar-refractivity contribution in [2.45, 2.75) is 45.7 Å². The summed E-state index contributed by atoms with van der Waals surface area (Å²) >= 11 is 3.65. The second-order valence-electron chi connectivity index (χ2n) is 5.09. The van der Waals surface area contributed by atoms with E-state index < -0.39 is 0 Å². The van der Waals surface area contributed by atoms with Crippen LogP contribution in [0.25, 0.3) is 0 Å². The summed E-state index contributed by atoms with van der Waals surface area (Å²) in [5, 5.41) is 4.54. The number of halogens is 1. The lowest BCUT2D eigenvalue weighted by Crippen LogP contribution is -2.44. The maximum absolute atomic E-state index is 5.76. The average molecular weight is 331 g/mol. The third-order valence-electron chi connectivity index (χ3n) is 3.92. The van der Waals surface area contributed by atoms with E-state index in [2.05, 4.69) is 38.1 Å². The molecular weight excluding hydrogens is 308 g/mol. The van der Waals surface area contributed by atoms with Gasteiger partial charge in [-0.2, -0.15) is 5.10 Å². The smallest absolute Gasteiger partial charge is 0.0738 e. The van der Waals surface area contributed by atoms with Gasteiger partial charge in [-0.05, 0) is 48.5 Å². The number of nitrogens with two attached hydrogens (primary N) is 1. The largest absolute Gasteiger partial charge is 0.381 e. The van der Waals surface area contributed by atoms with E-state index in [9.17, 15) is 0 Å². The molecule has 0 bridgehead atoms. The molecule has 2 heterocycles. The van der Waals surface area contributed by atoms with Gasteiger partial charge in [-0.25, -0.2) is 0 Å². The molecule has 1 aliphatic heterocycles. The fourth-order valence-electron chi connectivity index (χ4n) is 2.75. The molecule has 1 fully saturated rings. The molecule has 1 aromatic heterocycles. The summed E-state index contributed by atoms with van der Waals surface area (Å²) in [7, 11) is 0. The number of hydrogen-bond acceptors (Lipinski definition) is 4. The Morgan fingerprint density at radius 1 is 1.53 bits per heavy atom. The van der Waals surface area contributed by atoms with Crippen LogP contribution in [-0.2, 0) is 17.7 Å². The van der Waals surface area contributed by atoms with Crippen molar-refractivity contribution in [3.63, 3.8) is 0 Å². The van der Waals surface area contributed by atoms with Crippen LogP contribution in [0.5, 0.6) is 0 Å². The van der Waals surface area contributed by atoms with Crippen LogP contribution < -0.4 is 11.3 Å². The molecule has 1 unspecified atom stereocenters. The van der Waals surface area contributed by atoms with Gasteiger partial charge in [0.1, 0.15) is 0 Å². The van der Waals surface area contributed by atoms with Gasteiger partial charge >= 0.3 is 0 Å². The Bertz CT molecular complexity index is 415. The highest BCUT2D eigenvalue weighted by Crippen LogP contribution is 2.26. The lowest BCUT2D eigenvalue weighted by Gasteiger charge is -2.30. The molecule has 0 spiro atoms. The zero-order chi connectivity index (χ0) is 13.8. The molecular formula is C13H23BrN4O. The number of nitrogens with zero attached hydrogens (tertiary/aromatic N) is 2. The quantitative estimate of drug-likeness (QED) is 0.638. The van der Waals surface area contributed by atoms with Crippen LogP contribution in [0.1, 0.15) is 31.2 Å². The van der Waals surface area contributed by atoms with Gasteiger partial charge < -0.3 is 4.74 Å². The van der Waals surface area contributed by atoms with Crippen LogP contribution in [0.4, 0.5) is 0 Å². The molecule has 1 saturated heterocycles. The van der Waals surface area contributed by atoms with E-state index in [1.807, 2.05) is 6.92 Å². The van der Waals surface area contributed by atoms with Gasteiger partial charge in [0, 0.05) is 32.2 Å². The SMILES string of the molecule is CCn1nc(C)c(Br)c1CC(NN)C1CCOCC1. The summed E-state index contributed by atoms with van der Waals surface area (Å²) in [5.41, 5.74) is 5.26. The van der Waals surface area contributed by atoms with E-state index in [0.717, 1.165) is 49.2 Å². The Balaban J connectivity index is 2.13. The van der Waals surface area contributed by atoms with Crippen LogP contribution in [0, 0.1) is 12.8 Å². The fourth-order valence-corrected chi connectivity index (χ4v) is 3.20. The Labute approximate surface area is 123 Å². The topological polar surface area (TPSA) is 65.1 Å². The van der Waals surface area contributed by atoms with Crippen molar-refractivity contribution in [3.8, 4) is 0 Å². The van der Waals surface area contributed by atoms with Crippen LogP contribution in [0.15, 0.2) is 4.47 Å². The first-order valence-corrected chi connectivity index (χ1v) is 7.72. The zero-order valence-electron chi connectivity index (χ0n) is 11.7. The van der Waals surface area contributed by atoms with Crippen molar-refractivity contribution in [2.75, 3.05) is 13.2 Å². The zero-order valence-corrected chi connectivity index (χ0v) is 13.2.